The van der Waals surface area contributed by atoms with Crippen molar-refractivity contribution in [3.63, 3.8) is 0 Å². The van der Waals surface area contributed by atoms with Gasteiger partial charge in [0.25, 0.3) is 0 Å². The first-order valence-corrected chi connectivity index (χ1v) is 17.1. The second-order valence-electron chi connectivity index (χ2n) is 13.9. The molecule has 0 spiro atoms. The molecule has 0 aliphatic carbocycles. The van der Waals surface area contributed by atoms with Gasteiger partial charge in [-0.1, -0.05) is 18.2 Å². The summed E-state index contributed by atoms with van der Waals surface area (Å²) < 4.78 is 31.1. The Bertz CT molecular complexity index is 1940. The number of hydrogen-bond acceptors (Lipinski definition) is 9. The van der Waals surface area contributed by atoms with Crippen LogP contribution in [0.5, 0.6) is 40.2 Å². The molecule has 4 aliphatic rings. The average Bonchev–Trinajstić information content (AvgIpc) is 3.11. The maximum atomic E-state index is 12.5. The molecule has 262 valence electrons. The van der Waals surface area contributed by atoms with Crippen molar-refractivity contribution in [2.45, 2.75) is 50.7 Å². The third-order valence-electron chi connectivity index (χ3n) is 11.3. The molecule has 4 heterocycles. The van der Waals surface area contributed by atoms with Crippen LogP contribution in [0.3, 0.4) is 0 Å². The van der Waals surface area contributed by atoms with Gasteiger partial charge in [-0.2, -0.15) is 0 Å². The predicted molar refractivity (Wildman–Crippen MR) is 188 cm³/mol. The molecule has 4 aromatic carbocycles. The van der Waals surface area contributed by atoms with Crippen LogP contribution in [0.25, 0.3) is 0 Å². The van der Waals surface area contributed by atoms with Gasteiger partial charge >= 0.3 is 0 Å². The summed E-state index contributed by atoms with van der Waals surface area (Å²) in [6, 6.07) is 19.1. The number of aliphatic carboxylic acids is 1. The van der Waals surface area contributed by atoms with Crippen LogP contribution in [-0.4, -0.2) is 69.9 Å². The van der Waals surface area contributed by atoms with E-state index in [2.05, 4.69) is 18.0 Å². The Morgan fingerprint density at radius 3 is 2.26 bits per heavy atom. The van der Waals surface area contributed by atoms with Gasteiger partial charge in [-0.3, -0.25) is 4.90 Å². The Labute approximate surface area is 293 Å². The Morgan fingerprint density at radius 2 is 1.56 bits per heavy atom. The lowest BCUT2D eigenvalue weighted by Gasteiger charge is -2.50. The van der Waals surface area contributed by atoms with Gasteiger partial charge in [0, 0.05) is 36.6 Å². The van der Waals surface area contributed by atoms with Gasteiger partial charge in [0.2, 0.25) is 0 Å². The zero-order chi connectivity index (χ0) is 35.3. The molecule has 4 unspecified atom stereocenters. The number of rotatable bonds is 5. The Kier molecular flexibility index (Phi) is 8.78. The van der Waals surface area contributed by atoms with E-state index in [9.17, 15) is 9.90 Å². The highest BCUT2D eigenvalue weighted by atomic mass is 16.5. The second kappa shape index (κ2) is 13.1. The number of quaternary nitrogens is 1. The topological polar surface area (TPSA) is 116 Å². The zero-order valence-electron chi connectivity index (χ0n) is 29.6. The van der Waals surface area contributed by atoms with Gasteiger partial charge in [-0.25, -0.2) is 0 Å². The van der Waals surface area contributed by atoms with E-state index in [1.54, 1.807) is 28.3 Å². The van der Waals surface area contributed by atoms with E-state index in [4.69, 9.17) is 29.4 Å². The third-order valence-corrected chi connectivity index (χ3v) is 11.3. The molecule has 0 saturated heterocycles. The van der Waals surface area contributed by atoms with Crippen molar-refractivity contribution in [2.24, 2.45) is 0 Å². The number of anilines is 1. The summed E-state index contributed by atoms with van der Waals surface area (Å²) >= 11 is 0. The molecule has 0 amide bonds. The van der Waals surface area contributed by atoms with Crippen LogP contribution in [0.2, 0.25) is 0 Å². The minimum Gasteiger partial charge on any atom is -0.544 e. The molecule has 0 aromatic heterocycles. The molecule has 10 heteroatoms. The van der Waals surface area contributed by atoms with Crippen molar-refractivity contribution in [1.29, 1.82) is 0 Å². The normalized spacial score (nSPS) is 21.8. The number of benzene rings is 4. The number of likely N-dealkylation sites (N-methyl/N-ethyl adjacent to an activating group) is 2. The van der Waals surface area contributed by atoms with Gasteiger partial charge in [0.05, 0.1) is 40.9 Å². The third kappa shape index (κ3) is 5.76. The van der Waals surface area contributed by atoms with Crippen LogP contribution in [0, 0.1) is 0 Å². The first kappa shape index (κ1) is 33.6. The van der Waals surface area contributed by atoms with Crippen LogP contribution < -0.4 is 34.5 Å². The Morgan fingerprint density at radius 1 is 0.880 bits per heavy atom. The van der Waals surface area contributed by atoms with Gasteiger partial charge in [-0.15, -0.1) is 0 Å². The van der Waals surface area contributed by atoms with Crippen molar-refractivity contribution >= 4 is 11.7 Å². The van der Waals surface area contributed by atoms with E-state index in [1.807, 2.05) is 61.6 Å². The van der Waals surface area contributed by atoms with Crippen molar-refractivity contribution in [1.82, 2.24) is 4.90 Å². The Hall–Kier alpha value is -4.93. The van der Waals surface area contributed by atoms with Crippen molar-refractivity contribution < 1.29 is 38.1 Å². The SMILES string of the molecule is COc1ccc2cc1Oc1ccc(cc1)CC1c3cc(c(OC)cc3CC[N+]1(C)C(C)C(=O)[O-])Oc1c(N)c(OC)cc3c1C(C2)N(C)CC3. The van der Waals surface area contributed by atoms with Crippen molar-refractivity contribution in [3.05, 3.63) is 94.0 Å². The van der Waals surface area contributed by atoms with E-state index in [-0.39, 0.29) is 16.6 Å². The molecule has 4 aliphatic heterocycles. The summed E-state index contributed by atoms with van der Waals surface area (Å²) in [6.07, 6.45) is 2.70. The highest BCUT2D eigenvalue weighted by Gasteiger charge is 2.44. The lowest BCUT2D eigenvalue weighted by atomic mass is 9.85. The average molecular weight is 680 g/mol. The molecule has 2 N–H and O–H groups in total. The minimum absolute atomic E-state index is 0.0818. The summed E-state index contributed by atoms with van der Waals surface area (Å²) in [7, 11) is 9.02. The first-order chi connectivity index (χ1) is 24.0. The first-order valence-electron chi connectivity index (χ1n) is 17.1. The molecule has 0 saturated carbocycles. The summed E-state index contributed by atoms with van der Waals surface area (Å²) in [5.41, 5.74) is 13.6. The minimum atomic E-state index is -1.08. The fraction of sp³-hybridized carbons (Fsp3) is 0.375. The maximum Gasteiger partial charge on any atom is 0.169 e. The highest BCUT2D eigenvalue weighted by Crippen LogP contribution is 2.50. The van der Waals surface area contributed by atoms with Crippen LogP contribution in [0.4, 0.5) is 5.69 Å². The summed E-state index contributed by atoms with van der Waals surface area (Å²) in [4.78, 5) is 14.8. The number of ether oxygens (including phenoxy) is 5. The smallest absolute Gasteiger partial charge is 0.169 e. The molecule has 8 rings (SSSR count). The highest BCUT2D eigenvalue weighted by molar-refractivity contribution is 5.71. The van der Waals surface area contributed by atoms with E-state index < -0.39 is 12.0 Å². The molecule has 50 heavy (non-hydrogen) atoms. The van der Waals surface area contributed by atoms with E-state index in [0.29, 0.717) is 71.7 Å². The number of carbonyl (C=O) groups excluding carboxylic acids is 1. The van der Waals surface area contributed by atoms with Crippen LogP contribution in [0.1, 0.15) is 52.4 Å². The van der Waals surface area contributed by atoms with Gasteiger partial charge in [0.1, 0.15) is 29.3 Å². The summed E-state index contributed by atoms with van der Waals surface area (Å²) in [5.74, 6) is 3.02. The maximum absolute atomic E-state index is 12.5. The number of carboxylic acids is 1. The van der Waals surface area contributed by atoms with Crippen molar-refractivity contribution in [3.8, 4) is 40.2 Å². The lowest BCUT2D eigenvalue weighted by molar-refractivity contribution is -0.956. The number of methoxy groups -OCH3 is 3. The summed E-state index contributed by atoms with van der Waals surface area (Å²) in [5, 5.41) is 12.5. The number of carboxylic acid groups (broad SMARTS) is 1. The fourth-order valence-electron chi connectivity index (χ4n) is 8.04. The monoisotopic (exact) mass is 679 g/mol. The Balaban J connectivity index is 1.48. The van der Waals surface area contributed by atoms with Crippen LogP contribution in [0.15, 0.2) is 60.7 Å². The zero-order valence-corrected chi connectivity index (χ0v) is 29.6. The molecule has 4 atom stereocenters. The number of fused-ring (bicyclic) bond motifs is 2. The largest absolute Gasteiger partial charge is 0.544 e. The number of carbonyl (C=O) groups is 1. The van der Waals surface area contributed by atoms with Gasteiger partial charge in [-0.05, 0) is 91.5 Å². The fourth-order valence-corrected chi connectivity index (χ4v) is 8.04. The molecular weight excluding hydrogens is 634 g/mol. The van der Waals surface area contributed by atoms with E-state index in [0.717, 1.165) is 46.3 Å². The number of hydrogen-bond donors (Lipinski definition) is 1. The number of nitrogens with two attached hydrogens (primary N) is 1. The lowest BCUT2D eigenvalue weighted by Crippen LogP contribution is -2.62. The number of nitrogens with zero attached hydrogens (tertiary/aromatic N) is 2. The quantitative estimate of drug-likeness (QED) is 0.219. The molecule has 0 fully saturated rings. The number of nitrogen functional groups attached to an aromatic ring is 1. The molecular formula is C40H45N3O7. The molecule has 6 bridgehead atoms. The van der Waals surface area contributed by atoms with E-state index in [1.165, 1.54) is 0 Å². The van der Waals surface area contributed by atoms with E-state index >= 15 is 0 Å². The van der Waals surface area contributed by atoms with Crippen LogP contribution >= 0.6 is 0 Å². The predicted octanol–water partition coefficient (Wildman–Crippen LogP) is 5.39. The standard InChI is InChI=1S/C40H45N3O7/c1-23(40(44)45)43(3)16-14-26-20-33(47-5)35-22-29(26)31(43)18-24-7-10-28(11-8-24)49-34-19-25(9-12-32(34)46-4)17-30-37-27(13-15-42(30)2)21-36(48-6)38(41)39(37)50-35/h7-12,19-23,30-31H,13-18,41H2,1-6H3. The van der Waals surface area contributed by atoms with Gasteiger partial charge in [0.15, 0.2) is 28.7 Å². The molecule has 0 radical (unpaired) electrons. The molecule has 10 nitrogen and oxygen atoms in total. The summed E-state index contributed by atoms with van der Waals surface area (Å²) in [6.45, 7) is 3.20. The van der Waals surface area contributed by atoms with Crippen LogP contribution in [-0.2, 0) is 30.5 Å². The second-order valence-corrected chi connectivity index (χ2v) is 13.9. The van der Waals surface area contributed by atoms with Gasteiger partial charge < -0.3 is 43.8 Å². The van der Waals surface area contributed by atoms with Crippen molar-refractivity contribution in [2.75, 3.05) is 54.2 Å². The molecule has 4 aromatic rings.